The van der Waals surface area contributed by atoms with Crippen LogP contribution in [0.2, 0.25) is 0 Å². The van der Waals surface area contributed by atoms with Crippen molar-refractivity contribution in [3.63, 3.8) is 0 Å². The Labute approximate surface area is 138 Å². The minimum Gasteiger partial charge on any atom is -0.257 e. The highest BCUT2D eigenvalue weighted by molar-refractivity contribution is 7.26. The fourth-order valence-corrected chi connectivity index (χ4v) is 4.17. The van der Waals surface area contributed by atoms with Crippen molar-refractivity contribution < 1.29 is 4.11 Å². The van der Waals surface area contributed by atoms with E-state index < -0.39 is 6.85 Å². The molecule has 0 N–H and O–H groups in total. The number of aromatic nitrogens is 1. The van der Waals surface area contributed by atoms with Crippen LogP contribution in [0.5, 0.6) is 0 Å². The fourth-order valence-electron chi connectivity index (χ4n) is 2.88. The number of thiophene rings is 1. The molecule has 0 aliphatic carbocycles. The van der Waals surface area contributed by atoms with Crippen LogP contribution in [0.15, 0.2) is 48.5 Å². The standard InChI is InChI=1S/C20H17NS/c1-12-13(2)21-14(3)19-17-10-9-16(11-18(17)22-20(12)19)15-7-5-4-6-8-15/h4-11H,1-3H3/i3D3. The molecule has 0 unspecified atom stereocenters. The average molecular weight is 306 g/mol. The van der Waals surface area contributed by atoms with E-state index in [0.717, 1.165) is 42.6 Å². The van der Waals surface area contributed by atoms with Gasteiger partial charge in [0.05, 0.1) is 0 Å². The molecule has 0 aliphatic heterocycles. The Morgan fingerprint density at radius 2 is 1.77 bits per heavy atom. The Hall–Kier alpha value is -2.19. The first-order valence-corrected chi connectivity index (χ1v) is 8.07. The summed E-state index contributed by atoms with van der Waals surface area (Å²) in [5.41, 5.74) is 4.35. The van der Waals surface area contributed by atoms with Crippen LogP contribution in [0.3, 0.4) is 0 Å². The Bertz CT molecular complexity index is 1100. The van der Waals surface area contributed by atoms with Gasteiger partial charge in [-0.2, -0.15) is 0 Å². The highest BCUT2D eigenvalue weighted by Crippen LogP contribution is 2.39. The lowest BCUT2D eigenvalue weighted by Gasteiger charge is -2.04. The van der Waals surface area contributed by atoms with Gasteiger partial charge in [0.15, 0.2) is 0 Å². The summed E-state index contributed by atoms with van der Waals surface area (Å²) >= 11 is 1.65. The number of benzene rings is 2. The highest BCUT2D eigenvalue weighted by atomic mass is 32.1. The first kappa shape index (κ1) is 10.5. The SMILES string of the molecule is [2H]C([2H])([2H])c1nc(C)c(C)c2sc3cc(-c4ccccc4)ccc3c12. The van der Waals surface area contributed by atoms with Gasteiger partial charge in [0.2, 0.25) is 0 Å². The van der Waals surface area contributed by atoms with E-state index in [1.807, 2.05) is 38.1 Å². The third kappa shape index (κ3) is 1.95. The van der Waals surface area contributed by atoms with E-state index in [4.69, 9.17) is 4.11 Å². The van der Waals surface area contributed by atoms with E-state index in [1.165, 1.54) is 0 Å². The van der Waals surface area contributed by atoms with Gasteiger partial charge in [0, 0.05) is 35.7 Å². The lowest BCUT2D eigenvalue weighted by molar-refractivity contribution is 1.12. The minimum atomic E-state index is -2.22. The highest BCUT2D eigenvalue weighted by Gasteiger charge is 2.13. The smallest absolute Gasteiger partial charge is 0.0469 e. The van der Waals surface area contributed by atoms with Gasteiger partial charge in [0.1, 0.15) is 0 Å². The van der Waals surface area contributed by atoms with Gasteiger partial charge < -0.3 is 0 Å². The van der Waals surface area contributed by atoms with Crippen molar-refractivity contribution in [2.45, 2.75) is 20.7 Å². The Balaban J connectivity index is 2.07. The van der Waals surface area contributed by atoms with Gasteiger partial charge >= 0.3 is 0 Å². The second-order valence-corrected chi connectivity index (χ2v) is 6.61. The van der Waals surface area contributed by atoms with E-state index >= 15 is 0 Å². The topological polar surface area (TPSA) is 12.9 Å². The second kappa shape index (κ2) is 4.92. The number of aryl methyl sites for hydroxylation is 3. The van der Waals surface area contributed by atoms with E-state index in [2.05, 4.69) is 29.2 Å². The van der Waals surface area contributed by atoms with Crippen LogP contribution in [0.25, 0.3) is 31.3 Å². The summed E-state index contributed by atoms with van der Waals surface area (Å²) in [6.45, 7) is 1.67. The second-order valence-electron chi connectivity index (χ2n) is 5.55. The van der Waals surface area contributed by atoms with Gasteiger partial charge in [-0.3, -0.25) is 4.98 Å². The van der Waals surface area contributed by atoms with Crippen molar-refractivity contribution in [3.8, 4) is 11.1 Å². The summed E-state index contributed by atoms with van der Waals surface area (Å²) in [5.74, 6) is 0. The number of hydrogen-bond acceptors (Lipinski definition) is 2. The summed E-state index contributed by atoms with van der Waals surface area (Å²) in [6, 6.07) is 16.4. The maximum absolute atomic E-state index is 7.89. The molecule has 108 valence electrons. The minimum absolute atomic E-state index is 0.212. The fraction of sp³-hybridized carbons (Fsp3) is 0.150. The number of pyridine rings is 1. The maximum Gasteiger partial charge on any atom is 0.0469 e. The molecule has 0 amide bonds. The Morgan fingerprint density at radius 3 is 2.55 bits per heavy atom. The van der Waals surface area contributed by atoms with E-state index in [1.54, 1.807) is 11.3 Å². The molecule has 0 bridgehead atoms. The molecule has 4 rings (SSSR count). The van der Waals surface area contributed by atoms with Crippen LogP contribution in [-0.4, -0.2) is 4.98 Å². The van der Waals surface area contributed by atoms with E-state index in [-0.39, 0.29) is 5.69 Å². The van der Waals surface area contributed by atoms with Gasteiger partial charge in [-0.25, -0.2) is 0 Å². The average Bonchev–Trinajstić information content (AvgIpc) is 2.96. The molecule has 0 radical (unpaired) electrons. The Kier molecular flexibility index (Phi) is 2.35. The molecule has 2 aromatic carbocycles. The van der Waals surface area contributed by atoms with Gasteiger partial charge in [0.25, 0.3) is 0 Å². The van der Waals surface area contributed by atoms with Crippen molar-refractivity contribution in [1.82, 2.24) is 4.98 Å². The van der Waals surface area contributed by atoms with Crippen molar-refractivity contribution in [2.75, 3.05) is 0 Å². The zero-order valence-corrected chi connectivity index (χ0v) is 13.3. The van der Waals surface area contributed by atoms with Crippen molar-refractivity contribution in [3.05, 3.63) is 65.5 Å². The van der Waals surface area contributed by atoms with Crippen LogP contribution in [0, 0.1) is 20.7 Å². The molecular weight excluding hydrogens is 286 g/mol. The summed E-state index contributed by atoms with van der Waals surface area (Å²) in [6.07, 6.45) is 0. The lowest BCUT2D eigenvalue weighted by atomic mass is 10.0. The predicted octanol–water partition coefficient (Wildman–Crippen LogP) is 6.04. The third-order valence-electron chi connectivity index (χ3n) is 4.20. The molecule has 0 fully saturated rings. The first-order valence-electron chi connectivity index (χ1n) is 8.75. The molecule has 2 aromatic heterocycles. The van der Waals surface area contributed by atoms with Crippen molar-refractivity contribution >= 4 is 31.5 Å². The monoisotopic (exact) mass is 306 g/mol. The molecule has 1 nitrogen and oxygen atoms in total. The van der Waals surface area contributed by atoms with Gasteiger partial charge in [-0.05, 0) is 43.5 Å². The van der Waals surface area contributed by atoms with E-state index in [9.17, 15) is 0 Å². The van der Waals surface area contributed by atoms with Crippen molar-refractivity contribution in [1.29, 1.82) is 0 Å². The molecule has 4 aromatic rings. The molecule has 0 spiro atoms. The van der Waals surface area contributed by atoms with Crippen LogP contribution in [0.4, 0.5) is 0 Å². The summed E-state index contributed by atoms with van der Waals surface area (Å²) in [5, 5.41) is 1.75. The molecule has 2 heteroatoms. The molecule has 22 heavy (non-hydrogen) atoms. The molecule has 2 heterocycles. The van der Waals surface area contributed by atoms with Crippen LogP contribution in [0.1, 0.15) is 21.1 Å². The first-order chi connectivity index (χ1) is 11.9. The van der Waals surface area contributed by atoms with E-state index in [0.29, 0.717) is 0 Å². The van der Waals surface area contributed by atoms with Crippen molar-refractivity contribution in [2.24, 2.45) is 0 Å². The normalized spacial score (nSPS) is 14.0. The van der Waals surface area contributed by atoms with Crippen LogP contribution in [-0.2, 0) is 0 Å². The molecular formula is C20H17NS. The quantitative estimate of drug-likeness (QED) is 0.417. The number of hydrogen-bond donors (Lipinski definition) is 0. The number of rotatable bonds is 1. The molecule has 0 atom stereocenters. The third-order valence-corrected chi connectivity index (χ3v) is 5.47. The molecule has 0 saturated carbocycles. The van der Waals surface area contributed by atoms with Gasteiger partial charge in [-0.1, -0.05) is 42.5 Å². The zero-order chi connectivity index (χ0) is 17.8. The number of nitrogens with zero attached hydrogens (tertiary/aromatic N) is 1. The van der Waals surface area contributed by atoms with Gasteiger partial charge in [-0.15, -0.1) is 11.3 Å². The summed E-state index contributed by atoms with van der Waals surface area (Å²) < 4.78 is 25.8. The zero-order valence-electron chi connectivity index (χ0n) is 15.5. The predicted molar refractivity (Wildman–Crippen MR) is 96.8 cm³/mol. The lowest BCUT2D eigenvalue weighted by Crippen LogP contribution is -1.90. The molecule has 0 aliphatic rings. The van der Waals surface area contributed by atoms with Crippen LogP contribution < -0.4 is 0 Å². The largest absolute Gasteiger partial charge is 0.257 e. The summed E-state index contributed by atoms with van der Waals surface area (Å²) in [4.78, 5) is 4.42. The summed E-state index contributed by atoms with van der Waals surface area (Å²) in [7, 11) is 0. The number of fused-ring (bicyclic) bond motifs is 3. The molecule has 0 saturated heterocycles. The maximum atomic E-state index is 7.89. The Morgan fingerprint density at radius 1 is 0.955 bits per heavy atom. The van der Waals surface area contributed by atoms with Crippen LogP contribution >= 0.6 is 11.3 Å².